The molecule has 0 radical (unpaired) electrons. The number of nitrogens with one attached hydrogen (secondary N) is 1. The Morgan fingerprint density at radius 1 is 1.07 bits per heavy atom. The number of hydrogen-bond acceptors (Lipinski definition) is 3. The summed E-state index contributed by atoms with van der Waals surface area (Å²) in [6.07, 6.45) is 1.68. The van der Waals surface area contributed by atoms with Crippen molar-refractivity contribution in [3.05, 3.63) is 57.7 Å². The molecule has 3 rings (SSSR count). The number of aromatic amines is 1. The molecule has 2 aromatic carbocycles. The van der Waals surface area contributed by atoms with Crippen molar-refractivity contribution in [2.45, 2.75) is 31.7 Å². The summed E-state index contributed by atoms with van der Waals surface area (Å²) in [5.41, 5.74) is -0.241. The largest absolute Gasteiger partial charge is 0.480 e. The zero-order valence-electron chi connectivity index (χ0n) is 16.3. The van der Waals surface area contributed by atoms with Crippen LogP contribution in [-0.4, -0.2) is 30.5 Å². The minimum absolute atomic E-state index is 0.0437. The van der Waals surface area contributed by atoms with Gasteiger partial charge in [-0.15, -0.1) is 0 Å². The highest BCUT2D eigenvalue weighted by atomic mass is 35.5. The van der Waals surface area contributed by atoms with Crippen molar-refractivity contribution in [1.29, 1.82) is 0 Å². The van der Waals surface area contributed by atoms with E-state index in [4.69, 9.17) is 34.8 Å². The van der Waals surface area contributed by atoms with Crippen LogP contribution in [-0.2, 0) is 14.8 Å². The predicted molar refractivity (Wildman–Crippen MR) is 120 cm³/mol. The van der Waals surface area contributed by atoms with E-state index in [0.29, 0.717) is 10.9 Å². The number of benzene rings is 2. The van der Waals surface area contributed by atoms with Crippen LogP contribution in [0.2, 0.25) is 15.1 Å². The summed E-state index contributed by atoms with van der Waals surface area (Å²) in [5.74, 6) is -1.32. The first kappa shape index (κ1) is 22.7. The number of aromatic nitrogens is 1. The van der Waals surface area contributed by atoms with E-state index in [-0.39, 0.29) is 25.7 Å². The molecule has 1 heterocycles. The van der Waals surface area contributed by atoms with Gasteiger partial charge in [0, 0.05) is 27.1 Å². The molecule has 1 aromatic heterocycles. The molecule has 0 aliphatic heterocycles. The van der Waals surface area contributed by atoms with Crippen molar-refractivity contribution < 1.29 is 18.3 Å². The van der Waals surface area contributed by atoms with Crippen molar-refractivity contribution >= 4 is 67.4 Å². The number of hydrogen-bond donors (Lipinski definition) is 2. The Morgan fingerprint density at radius 3 is 2.20 bits per heavy atom. The van der Waals surface area contributed by atoms with Gasteiger partial charge in [0.15, 0.2) is 0 Å². The molecule has 0 aliphatic rings. The van der Waals surface area contributed by atoms with Gasteiger partial charge in [-0.05, 0) is 41.8 Å². The second-order valence-corrected chi connectivity index (χ2v) is 11.0. The zero-order chi connectivity index (χ0) is 22.4. The quantitative estimate of drug-likeness (QED) is 0.472. The van der Waals surface area contributed by atoms with Gasteiger partial charge in [-0.3, -0.25) is 0 Å². The van der Waals surface area contributed by atoms with Gasteiger partial charge >= 0.3 is 5.97 Å². The van der Waals surface area contributed by atoms with Crippen molar-refractivity contribution in [3.63, 3.8) is 0 Å². The van der Waals surface area contributed by atoms with Gasteiger partial charge in [-0.1, -0.05) is 55.6 Å². The molecule has 3 aromatic rings. The Balaban J connectivity index is 2.36. The number of sulfonamides is 1. The molecule has 1 atom stereocenters. The van der Waals surface area contributed by atoms with Crippen LogP contribution in [0.3, 0.4) is 0 Å². The second-order valence-electron chi connectivity index (χ2n) is 7.88. The van der Waals surface area contributed by atoms with Gasteiger partial charge in [0.05, 0.1) is 15.6 Å². The van der Waals surface area contributed by atoms with Crippen molar-refractivity contribution in [3.8, 4) is 0 Å². The number of fused-ring (bicyclic) bond motifs is 1. The summed E-state index contributed by atoms with van der Waals surface area (Å²) in [4.78, 5) is 15.0. The Hall–Kier alpha value is -1.93. The lowest BCUT2D eigenvalue weighted by molar-refractivity contribution is -0.140. The Kier molecular flexibility index (Phi) is 6.04. The first-order valence-electron chi connectivity index (χ1n) is 8.82. The Labute approximate surface area is 189 Å². The Morgan fingerprint density at radius 2 is 1.67 bits per heavy atom. The number of nitrogens with zero attached hydrogens (tertiary/aromatic N) is 1. The summed E-state index contributed by atoms with van der Waals surface area (Å²) in [6.45, 7) is 4.92. The summed E-state index contributed by atoms with van der Waals surface area (Å²) in [6, 6.07) is 7.21. The van der Waals surface area contributed by atoms with E-state index in [1.807, 2.05) is 0 Å². The van der Waals surface area contributed by atoms with E-state index in [1.54, 1.807) is 45.2 Å². The molecule has 10 heteroatoms. The zero-order valence-corrected chi connectivity index (χ0v) is 19.4. The van der Waals surface area contributed by atoms with Crippen LogP contribution in [0.25, 0.3) is 10.9 Å². The maximum absolute atomic E-state index is 13.7. The molecule has 6 nitrogen and oxygen atoms in total. The average Bonchev–Trinajstić information content (AvgIpc) is 3.03. The average molecular weight is 490 g/mol. The molecule has 0 saturated carbocycles. The van der Waals surface area contributed by atoms with Crippen LogP contribution in [0, 0.1) is 5.41 Å². The first-order chi connectivity index (χ1) is 13.8. The van der Waals surface area contributed by atoms with E-state index < -0.39 is 27.4 Å². The van der Waals surface area contributed by atoms with Gasteiger partial charge < -0.3 is 10.1 Å². The summed E-state index contributed by atoms with van der Waals surface area (Å²) in [5, 5.41) is 11.0. The maximum atomic E-state index is 13.7. The molecule has 0 bridgehead atoms. The Bertz CT molecular complexity index is 1210. The third-order valence-electron chi connectivity index (χ3n) is 4.54. The van der Waals surface area contributed by atoms with E-state index in [9.17, 15) is 18.3 Å². The fraction of sp³-hybridized carbons (Fsp3) is 0.250. The van der Waals surface area contributed by atoms with E-state index >= 15 is 0 Å². The molecule has 0 spiro atoms. The number of carbonyl (C=O) groups is 1. The van der Waals surface area contributed by atoms with Crippen LogP contribution in [0.15, 0.2) is 47.5 Å². The first-order valence-corrected chi connectivity index (χ1v) is 11.4. The molecular formula is C20H19Cl3N2O4S. The molecule has 30 heavy (non-hydrogen) atoms. The molecule has 0 amide bonds. The summed E-state index contributed by atoms with van der Waals surface area (Å²) in [7, 11) is -4.41. The number of carboxylic acids is 1. The number of halogens is 3. The number of H-pyrrole nitrogens is 1. The van der Waals surface area contributed by atoms with E-state index in [0.717, 1.165) is 4.31 Å². The van der Waals surface area contributed by atoms with Gasteiger partial charge in [-0.2, -0.15) is 0 Å². The lowest BCUT2D eigenvalue weighted by Gasteiger charge is -2.38. The number of aliphatic carboxylic acids is 1. The lowest BCUT2D eigenvalue weighted by Crippen LogP contribution is -2.52. The fourth-order valence-electron chi connectivity index (χ4n) is 3.25. The molecule has 0 aliphatic carbocycles. The third-order valence-corrected chi connectivity index (χ3v) is 7.04. The topological polar surface area (TPSA) is 90.5 Å². The van der Waals surface area contributed by atoms with Gasteiger partial charge in [-0.25, -0.2) is 17.5 Å². The minimum atomic E-state index is -4.41. The minimum Gasteiger partial charge on any atom is -0.480 e. The van der Waals surface area contributed by atoms with Crippen LogP contribution >= 0.6 is 34.8 Å². The SMILES string of the molecule is CC(C)(C)C(C(=O)O)N(c1cc2cc[nH]c2cc1Cl)S(=O)(=O)c1cc(Cl)cc(Cl)c1. The normalized spacial score (nSPS) is 13.4. The van der Waals surface area contributed by atoms with Crippen LogP contribution in [0.4, 0.5) is 5.69 Å². The molecule has 0 fully saturated rings. The monoisotopic (exact) mass is 488 g/mol. The molecule has 160 valence electrons. The summed E-state index contributed by atoms with van der Waals surface area (Å²) < 4.78 is 28.3. The predicted octanol–water partition coefficient (Wildman–Crippen LogP) is 5.82. The highest BCUT2D eigenvalue weighted by molar-refractivity contribution is 7.93. The maximum Gasteiger partial charge on any atom is 0.328 e. The van der Waals surface area contributed by atoms with Crippen LogP contribution in [0.5, 0.6) is 0 Å². The lowest BCUT2D eigenvalue weighted by atomic mass is 9.86. The standard InChI is InChI=1S/C20H19Cl3N2O4S/c1-20(2,3)18(19(26)27)25(17-6-11-4-5-24-16(11)10-15(17)23)30(28,29)14-8-12(21)7-13(22)9-14/h4-10,18,24H,1-3H3,(H,26,27). The van der Waals surface area contributed by atoms with Gasteiger partial charge in [0.25, 0.3) is 10.0 Å². The second kappa shape index (κ2) is 7.96. The number of rotatable bonds is 5. The number of carboxylic acid groups (broad SMARTS) is 1. The van der Waals surface area contributed by atoms with Crippen molar-refractivity contribution in [2.24, 2.45) is 5.41 Å². The third kappa shape index (κ3) is 4.25. The van der Waals surface area contributed by atoms with Crippen LogP contribution < -0.4 is 4.31 Å². The van der Waals surface area contributed by atoms with Crippen molar-refractivity contribution in [2.75, 3.05) is 4.31 Å². The molecule has 1 unspecified atom stereocenters. The van der Waals surface area contributed by atoms with Gasteiger partial charge in [0.2, 0.25) is 0 Å². The highest BCUT2D eigenvalue weighted by Gasteiger charge is 2.44. The van der Waals surface area contributed by atoms with Crippen LogP contribution in [0.1, 0.15) is 20.8 Å². The fourth-order valence-corrected chi connectivity index (χ4v) is 6.08. The molecule has 0 saturated heterocycles. The van der Waals surface area contributed by atoms with Gasteiger partial charge in [0.1, 0.15) is 6.04 Å². The van der Waals surface area contributed by atoms with E-state index in [2.05, 4.69) is 4.98 Å². The van der Waals surface area contributed by atoms with E-state index in [1.165, 1.54) is 18.2 Å². The van der Waals surface area contributed by atoms with Crippen molar-refractivity contribution in [1.82, 2.24) is 4.98 Å². The molecule has 2 N–H and O–H groups in total. The summed E-state index contributed by atoms with van der Waals surface area (Å²) >= 11 is 18.5. The number of anilines is 1. The molecular weight excluding hydrogens is 471 g/mol. The highest BCUT2D eigenvalue weighted by Crippen LogP contribution is 2.40. The smallest absolute Gasteiger partial charge is 0.328 e.